The molecule has 0 heterocycles. The minimum atomic E-state index is -0.862. The first kappa shape index (κ1) is 18.4. The number of hydrogen-bond acceptors (Lipinski definition) is 4. The highest BCUT2D eigenvalue weighted by atomic mass is 16.5. The monoisotopic (exact) mass is 274 g/mol. The molecule has 1 amide bonds. The highest BCUT2D eigenvalue weighted by molar-refractivity contribution is 5.81. The van der Waals surface area contributed by atoms with Crippen molar-refractivity contribution >= 4 is 5.91 Å². The molecule has 0 rings (SSSR count). The highest BCUT2D eigenvalue weighted by Crippen LogP contribution is 2.08. The number of amides is 1. The van der Waals surface area contributed by atoms with Gasteiger partial charge in [0.1, 0.15) is 0 Å². The molecule has 0 aromatic rings. The molecule has 3 N–H and O–H groups in total. The summed E-state index contributed by atoms with van der Waals surface area (Å²) in [5.74, 6) is -0.0245. The first-order chi connectivity index (χ1) is 8.82. The van der Waals surface area contributed by atoms with E-state index >= 15 is 0 Å². The Balaban J connectivity index is 4.01. The molecule has 0 aromatic heterocycles. The van der Waals surface area contributed by atoms with Gasteiger partial charge in [0.25, 0.3) is 0 Å². The molecule has 0 saturated heterocycles. The number of aliphatic hydroxyl groups is 1. The lowest BCUT2D eigenvalue weighted by atomic mass is 10.0. The smallest absolute Gasteiger partial charge is 0.237 e. The number of nitrogens with one attached hydrogen (secondary N) is 2. The number of carbonyl (C=O) groups is 1. The molecule has 0 bridgehead atoms. The molecule has 0 saturated carbocycles. The Hall–Kier alpha value is -0.650. The average Bonchev–Trinajstić information content (AvgIpc) is 2.33. The maximum absolute atomic E-state index is 11.9. The molecular weight excluding hydrogens is 244 g/mol. The number of hydrogen-bond donors (Lipinski definition) is 3. The lowest BCUT2D eigenvalue weighted by Crippen LogP contribution is -2.50. The largest absolute Gasteiger partial charge is 0.389 e. The number of rotatable bonds is 10. The summed E-state index contributed by atoms with van der Waals surface area (Å²) in [5, 5.41) is 16.1. The van der Waals surface area contributed by atoms with Crippen LogP contribution in [0.5, 0.6) is 0 Å². The molecule has 3 atom stereocenters. The lowest BCUT2D eigenvalue weighted by Gasteiger charge is -2.26. The van der Waals surface area contributed by atoms with Gasteiger partial charge in [-0.2, -0.15) is 0 Å². The second-order valence-corrected chi connectivity index (χ2v) is 5.54. The van der Waals surface area contributed by atoms with Crippen LogP contribution in [0.2, 0.25) is 0 Å². The predicted molar refractivity (Wildman–Crippen MR) is 77.1 cm³/mol. The van der Waals surface area contributed by atoms with Gasteiger partial charge in [0.15, 0.2) is 0 Å². The summed E-state index contributed by atoms with van der Waals surface area (Å²) in [5.41, 5.74) is -0.862. The van der Waals surface area contributed by atoms with Gasteiger partial charge < -0.3 is 20.5 Å². The van der Waals surface area contributed by atoms with E-state index in [9.17, 15) is 9.90 Å². The van der Waals surface area contributed by atoms with E-state index in [1.807, 2.05) is 6.92 Å². The first-order valence-electron chi connectivity index (χ1n) is 7.07. The highest BCUT2D eigenvalue weighted by Gasteiger charge is 2.22. The lowest BCUT2D eigenvalue weighted by molar-refractivity contribution is -0.123. The van der Waals surface area contributed by atoms with Crippen molar-refractivity contribution in [2.75, 3.05) is 20.3 Å². The number of methoxy groups -OCH3 is 1. The molecule has 0 aliphatic carbocycles. The van der Waals surface area contributed by atoms with Crippen LogP contribution >= 0.6 is 0 Å². The van der Waals surface area contributed by atoms with E-state index in [1.165, 1.54) is 0 Å². The third kappa shape index (κ3) is 8.97. The quantitative estimate of drug-likeness (QED) is 0.557. The van der Waals surface area contributed by atoms with E-state index in [0.717, 1.165) is 12.8 Å². The van der Waals surface area contributed by atoms with E-state index in [4.69, 9.17) is 4.74 Å². The minimum absolute atomic E-state index is 0.0245. The van der Waals surface area contributed by atoms with Crippen LogP contribution in [0.25, 0.3) is 0 Å². The molecule has 0 fully saturated rings. The van der Waals surface area contributed by atoms with Gasteiger partial charge in [-0.3, -0.25) is 4.79 Å². The molecule has 5 nitrogen and oxygen atoms in total. The summed E-state index contributed by atoms with van der Waals surface area (Å²) >= 11 is 0. The zero-order chi connectivity index (χ0) is 14.9. The third-order valence-corrected chi connectivity index (χ3v) is 3.14. The normalized spacial score (nSPS) is 17.6. The van der Waals surface area contributed by atoms with Crippen LogP contribution in [0, 0.1) is 0 Å². The van der Waals surface area contributed by atoms with Crippen LogP contribution in [0.15, 0.2) is 0 Å². The van der Waals surface area contributed by atoms with Crippen molar-refractivity contribution in [2.45, 2.75) is 64.6 Å². The van der Waals surface area contributed by atoms with Gasteiger partial charge in [-0.1, -0.05) is 13.3 Å². The van der Waals surface area contributed by atoms with E-state index in [0.29, 0.717) is 19.6 Å². The zero-order valence-electron chi connectivity index (χ0n) is 13.0. The van der Waals surface area contributed by atoms with Crippen molar-refractivity contribution in [3.05, 3.63) is 0 Å². The van der Waals surface area contributed by atoms with Crippen molar-refractivity contribution < 1.29 is 14.6 Å². The van der Waals surface area contributed by atoms with Crippen molar-refractivity contribution in [1.29, 1.82) is 0 Å². The fourth-order valence-corrected chi connectivity index (χ4v) is 1.75. The van der Waals surface area contributed by atoms with Crippen LogP contribution in [-0.2, 0) is 9.53 Å². The Labute approximate surface area is 117 Å². The zero-order valence-corrected chi connectivity index (χ0v) is 13.0. The van der Waals surface area contributed by atoms with Gasteiger partial charge in [-0.25, -0.2) is 0 Å². The van der Waals surface area contributed by atoms with Crippen LogP contribution in [0.4, 0.5) is 0 Å². The van der Waals surface area contributed by atoms with Crippen LogP contribution in [0.1, 0.15) is 47.0 Å². The topological polar surface area (TPSA) is 70.6 Å². The van der Waals surface area contributed by atoms with E-state index in [1.54, 1.807) is 21.0 Å². The average molecular weight is 274 g/mol. The van der Waals surface area contributed by atoms with Gasteiger partial charge >= 0.3 is 0 Å². The fraction of sp³-hybridized carbons (Fsp3) is 0.929. The summed E-state index contributed by atoms with van der Waals surface area (Å²) in [7, 11) is 1.61. The second-order valence-electron chi connectivity index (χ2n) is 5.54. The number of carbonyl (C=O) groups excluding carboxylic acids is 1. The van der Waals surface area contributed by atoms with E-state index in [-0.39, 0.29) is 18.0 Å². The molecule has 0 aliphatic heterocycles. The second kappa shape index (κ2) is 9.28. The summed E-state index contributed by atoms with van der Waals surface area (Å²) in [6.45, 7) is 8.51. The van der Waals surface area contributed by atoms with E-state index < -0.39 is 5.60 Å². The van der Waals surface area contributed by atoms with Crippen molar-refractivity contribution in [1.82, 2.24) is 10.6 Å². The molecule has 3 unspecified atom stereocenters. The maximum atomic E-state index is 11.9. The summed E-state index contributed by atoms with van der Waals surface area (Å²) in [4.78, 5) is 11.9. The van der Waals surface area contributed by atoms with Crippen LogP contribution in [-0.4, -0.2) is 49.0 Å². The molecule has 0 spiro atoms. The Morgan fingerprint density at radius 3 is 2.58 bits per heavy atom. The molecule has 0 aliphatic rings. The molecule has 19 heavy (non-hydrogen) atoms. The Kier molecular flexibility index (Phi) is 8.97. The van der Waals surface area contributed by atoms with Gasteiger partial charge in [-0.15, -0.1) is 0 Å². The molecule has 5 heteroatoms. The van der Waals surface area contributed by atoms with Gasteiger partial charge in [0, 0.05) is 32.7 Å². The van der Waals surface area contributed by atoms with Crippen LogP contribution in [0.3, 0.4) is 0 Å². The van der Waals surface area contributed by atoms with Gasteiger partial charge in [0.2, 0.25) is 5.91 Å². The molecule has 114 valence electrons. The standard InChI is InChI=1S/C14H30N2O3/c1-6-7-11(2)16-13(17)12(3)15-10-14(4,18)8-9-19-5/h11-12,15,18H,6-10H2,1-5H3,(H,16,17). The molecule has 0 aromatic carbocycles. The van der Waals surface area contributed by atoms with Crippen molar-refractivity contribution in [3.63, 3.8) is 0 Å². The molecular formula is C14H30N2O3. The number of ether oxygens (including phenoxy) is 1. The third-order valence-electron chi connectivity index (χ3n) is 3.14. The Morgan fingerprint density at radius 2 is 2.05 bits per heavy atom. The van der Waals surface area contributed by atoms with Crippen LogP contribution < -0.4 is 10.6 Å². The SMILES string of the molecule is CCCC(C)NC(=O)C(C)NCC(C)(O)CCOC. The fourth-order valence-electron chi connectivity index (χ4n) is 1.75. The minimum Gasteiger partial charge on any atom is -0.389 e. The summed E-state index contributed by atoms with van der Waals surface area (Å²) < 4.78 is 4.94. The summed E-state index contributed by atoms with van der Waals surface area (Å²) in [6, 6.07) is -0.121. The van der Waals surface area contributed by atoms with Crippen molar-refractivity contribution in [2.24, 2.45) is 0 Å². The predicted octanol–water partition coefficient (Wildman–Crippen LogP) is 1.06. The molecule has 0 radical (unpaired) electrons. The van der Waals surface area contributed by atoms with Crippen molar-refractivity contribution in [3.8, 4) is 0 Å². The summed E-state index contributed by atoms with van der Waals surface area (Å²) in [6.07, 6.45) is 2.57. The van der Waals surface area contributed by atoms with Gasteiger partial charge in [0.05, 0.1) is 11.6 Å². The Bertz CT molecular complexity index is 257. The first-order valence-corrected chi connectivity index (χ1v) is 7.07. The van der Waals surface area contributed by atoms with E-state index in [2.05, 4.69) is 17.6 Å². The maximum Gasteiger partial charge on any atom is 0.237 e. The van der Waals surface area contributed by atoms with Gasteiger partial charge in [-0.05, 0) is 27.2 Å². The Morgan fingerprint density at radius 1 is 1.42 bits per heavy atom.